The SMILES string of the molecule is C=CC(=O)OC(COC)COc1cc(CC)c(OCC(COC)OC(=O)C=C)c2ccccc12. The first-order valence-electron chi connectivity index (χ1n) is 10.9. The lowest BCUT2D eigenvalue weighted by atomic mass is 10.0. The number of carbonyl (C=O) groups excluding carboxylic acids is 2. The minimum atomic E-state index is -0.593. The predicted octanol–water partition coefficient (Wildman–Crippen LogP) is 3.65. The summed E-state index contributed by atoms with van der Waals surface area (Å²) in [5.41, 5.74) is 0.909. The number of rotatable bonds is 15. The van der Waals surface area contributed by atoms with E-state index in [9.17, 15) is 9.59 Å². The molecule has 0 N–H and O–H groups in total. The van der Waals surface area contributed by atoms with Crippen LogP contribution in [0.25, 0.3) is 10.8 Å². The number of aryl methyl sites for hydroxylation is 1. The Kier molecular flexibility index (Phi) is 11.1. The van der Waals surface area contributed by atoms with E-state index in [1.54, 1.807) is 0 Å². The Morgan fingerprint density at radius 3 is 1.88 bits per heavy atom. The standard InChI is InChI=1S/C26H32O8/c1-6-18-13-23(31-16-19(14-29-4)33-24(27)7-2)21-11-9-10-12-22(21)26(18)32-17-20(15-30-5)34-25(28)8-3/h7-13,19-20H,2-3,6,14-17H2,1,4-5H3. The van der Waals surface area contributed by atoms with Gasteiger partial charge in [-0.3, -0.25) is 0 Å². The molecule has 2 unspecified atom stereocenters. The van der Waals surface area contributed by atoms with Gasteiger partial charge in [-0.1, -0.05) is 44.3 Å². The maximum Gasteiger partial charge on any atom is 0.330 e. The molecule has 0 radical (unpaired) electrons. The Labute approximate surface area is 200 Å². The van der Waals surface area contributed by atoms with Crippen molar-refractivity contribution < 1.29 is 38.0 Å². The Hall–Kier alpha value is -3.36. The van der Waals surface area contributed by atoms with Gasteiger partial charge < -0.3 is 28.4 Å². The van der Waals surface area contributed by atoms with Crippen LogP contribution in [0.2, 0.25) is 0 Å². The Balaban J connectivity index is 2.30. The van der Waals surface area contributed by atoms with Crippen molar-refractivity contribution in [2.45, 2.75) is 25.6 Å². The molecule has 2 rings (SSSR count). The van der Waals surface area contributed by atoms with Crippen molar-refractivity contribution in [2.24, 2.45) is 0 Å². The second-order valence-electron chi connectivity index (χ2n) is 7.32. The lowest BCUT2D eigenvalue weighted by Gasteiger charge is -2.22. The zero-order valence-electron chi connectivity index (χ0n) is 19.9. The molecule has 2 atom stereocenters. The van der Waals surface area contributed by atoms with Gasteiger partial charge in [-0.15, -0.1) is 0 Å². The Bertz CT molecular complexity index is 984. The fraction of sp³-hybridized carbons (Fsp3) is 0.385. The van der Waals surface area contributed by atoms with Gasteiger partial charge in [-0.05, 0) is 18.1 Å². The maximum atomic E-state index is 11.6. The molecule has 0 aliphatic rings. The van der Waals surface area contributed by atoms with Crippen LogP contribution in [0.5, 0.6) is 11.5 Å². The monoisotopic (exact) mass is 472 g/mol. The number of fused-ring (bicyclic) bond motifs is 1. The van der Waals surface area contributed by atoms with Crippen LogP contribution in [0.1, 0.15) is 12.5 Å². The lowest BCUT2D eigenvalue weighted by Crippen LogP contribution is -2.29. The average molecular weight is 473 g/mol. The van der Waals surface area contributed by atoms with Gasteiger partial charge in [-0.2, -0.15) is 0 Å². The van der Waals surface area contributed by atoms with E-state index in [0.29, 0.717) is 17.9 Å². The molecule has 2 aromatic carbocycles. The van der Waals surface area contributed by atoms with E-state index in [-0.39, 0.29) is 26.4 Å². The number of hydrogen-bond donors (Lipinski definition) is 0. The van der Waals surface area contributed by atoms with Crippen molar-refractivity contribution in [2.75, 3.05) is 40.6 Å². The van der Waals surface area contributed by atoms with Gasteiger partial charge in [0.2, 0.25) is 0 Å². The molecule has 0 bridgehead atoms. The number of carbonyl (C=O) groups is 2. The quantitative estimate of drug-likeness (QED) is 0.287. The molecule has 0 aliphatic heterocycles. The van der Waals surface area contributed by atoms with E-state index < -0.39 is 24.1 Å². The van der Waals surface area contributed by atoms with Crippen molar-refractivity contribution >= 4 is 22.7 Å². The highest BCUT2D eigenvalue weighted by atomic mass is 16.6. The van der Waals surface area contributed by atoms with E-state index in [1.807, 2.05) is 37.3 Å². The summed E-state index contributed by atoms with van der Waals surface area (Å²) in [6, 6.07) is 9.55. The van der Waals surface area contributed by atoms with Crippen molar-refractivity contribution in [1.29, 1.82) is 0 Å². The Morgan fingerprint density at radius 2 is 1.38 bits per heavy atom. The van der Waals surface area contributed by atoms with Crippen LogP contribution in [-0.4, -0.2) is 64.8 Å². The summed E-state index contributed by atoms with van der Waals surface area (Å²) < 4.78 is 33.1. The molecule has 0 saturated heterocycles. The Morgan fingerprint density at radius 1 is 0.853 bits per heavy atom. The van der Waals surface area contributed by atoms with Crippen LogP contribution in [0.3, 0.4) is 0 Å². The number of benzene rings is 2. The second kappa shape index (κ2) is 14.0. The van der Waals surface area contributed by atoms with Gasteiger partial charge in [0.05, 0.1) is 13.2 Å². The van der Waals surface area contributed by atoms with Crippen molar-refractivity contribution in [1.82, 2.24) is 0 Å². The van der Waals surface area contributed by atoms with Crippen molar-refractivity contribution in [3.05, 3.63) is 61.2 Å². The summed E-state index contributed by atoms with van der Waals surface area (Å²) in [5.74, 6) is 0.212. The summed E-state index contributed by atoms with van der Waals surface area (Å²) in [7, 11) is 3.05. The molecule has 184 valence electrons. The molecular formula is C26H32O8. The van der Waals surface area contributed by atoms with Gasteiger partial charge in [0.15, 0.2) is 12.2 Å². The van der Waals surface area contributed by atoms with Crippen LogP contribution in [0.4, 0.5) is 0 Å². The lowest BCUT2D eigenvalue weighted by molar-refractivity contribution is -0.148. The van der Waals surface area contributed by atoms with Crippen molar-refractivity contribution in [3.63, 3.8) is 0 Å². The van der Waals surface area contributed by atoms with E-state index in [1.165, 1.54) is 14.2 Å². The highest BCUT2D eigenvalue weighted by Gasteiger charge is 2.19. The molecule has 0 fully saturated rings. The molecule has 34 heavy (non-hydrogen) atoms. The zero-order valence-corrected chi connectivity index (χ0v) is 19.9. The molecule has 0 heterocycles. The topological polar surface area (TPSA) is 89.5 Å². The third kappa shape index (κ3) is 7.60. The van der Waals surface area contributed by atoms with E-state index in [4.69, 9.17) is 28.4 Å². The number of ether oxygens (including phenoxy) is 6. The first-order chi connectivity index (χ1) is 16.5. The number of esters is 2. The normalized spacial score (nSPS) is 12.4. The third-order valence-electron chi connectivity index (χ3n) is 4.86. The first kappa shape index (κ1) is 26.9. The minimum Gasteiger partial charge on any atom is -0.489 e. The molecule has 2 aromatic rings. The summed E-state index contributed by atoms with van der Waals surface area (Å²) >= 11 is 0. The van der Waals surface area contributed by atoms with E-state index in [2.05, 4.69) is 13.2 Å². The number of hydrogen-bond acceptors (Lipinski definition) is 8. The van der Waals surface area contributed by atoms with Gasteiger partial charge >= 0.3 is 11.9 Å². The van der Waals surface area contributed by atoms with Crippen LogP contribution < -0.4 is 9.47 Å². The van der Waals surface area contributed by atoms with E-state index >= 15 is 0 Å². The van der Waals surface area contributed by atoms with Crippen LogP contribution in [-0.2, 0) is 35.0 Å². The maximum absolute atomic E-state index is 11.6. The van der Waals surface area contributed by atoms with Gasteiger partial charge in [0.1, 0.15) is 24.7 Å². The fourth-order valence-electron chi connectivity index (χ4n) is 3.31. The highest BCUT2D eigenvalue weighted by Crippen LogP contribution is 2.37. The second-order valence-corrected chi connectivity index (χ2v) is 7.32. The molecule has 0 saturated carbocycles. The van der Waals surface area contributed by atoms with Crippen LogP contribution >= 0.6 is 0 Å². The fourth-order valence-corrected chi connectivity index (χ4v) is 3.31. The van der Waals surface area contributed by atoms with Gasteiger partial charge in [-0.25, -0.2) is 9.59 Å². The smallest absolute Gasteiger partial charge is 0.330 e. The number of methoxy groups -OCH3 is 2. The molecule has 0 spiro atoms. The summed E-state index contributed by atoms with van der Waals surface area (Å²) in [6.07, 6.45) is 1.69. The molecule has 0 aromatic heterocycles. The largest absolute Gasteiger partial charge is 0.489 e. The third-order valence-corrected chi connectivity index (χ3v) is 4.86. The van der Waals surface area contributed by atoms with Gasteiger partial charge in [0.25, 0.3) is 0 Å². The van der Waals surface area contributed by atoms with Crippen LogP contribution in [0, 0.1) is 0 Å². The predicted molar refractivity (Wildman–Crippen MR) is 128 cm³/mol. The van der Waals surface area contributed by atoms with Crippen molar-refractivity contribution in [3.8, 4) is 11.5 Å². The molecule has 8 nitrogen and oxygen atoms in total. The van der Waals surface area contributed by atoms with Gasteiger partial charge in [0, 0.05) is 37.1 Å². The zero-order chi connectivity index (χ0) is 24.9. The molecular weight excluding hydrogens is 440 g/mol. The summed E-state index contributed by atoms with van der Waals surface area (Å²) in [4.78, 5) is 23.2. The molecule has 0 amide bonds. The van der Waals surface area contributed by atoms with E-state index in [0.717, 1.165) is 28.5 Å². The molecule has 0 aliphatic carbocycles. The highest BCUT2D eigenvalue weighted by molar-refractivity contribution is 5.94. The molecule has 8 heteroatoms. The van der Waals surface area contributed by atoms with Crippen LogP contribution in [0.15, 0.2) is 55.6 Å². The first-order valence-corrected chi connectivity index (χ1v) is 10.9. The summed E-state index contributed by atoms with van der Waals surface area (Å²) in [5, 5.41) is 1.67. The summed E-state index contributed by atoms with van der Waals surface area (Å²) in [6.45, 7) is 9.43. The average Bonchev–Trinajstić information content (AvgIpc) is 2.85. The minimum absolute atomic E-state index is 0.105.